The van der Waals surface area contributed by atoms with E-state index in [2.05, 4.69) is 5.32 Å². The van der Waals surface area contributed by atoms with Crippen molar-refractivity contribution in [1.29, 1.82) is 5.26 Å². The van der Waals surface area contributed by atoms with Gasteiger partial charge in [0.15, 0.2) is 0 Å². The second kappa shape index (κ2) is 41.5. The van der Waals surface area contributed by atoms with E-state index in [9.17, 15) is 0 Å². The van der Waals surface area contributed by atoms with E-state index in [0.717, 1.165) is 52.6 Å². The van der Waals surface area contributed by atoms with E-state index in [1.54, 1.807) is 0 Å². The minimum absolute atomic E-state index is 0.694. The van der Waals surface area contributed by atoms with Crippen LogP contribution in [-0.2, 0) is 24.0 Å². The quantitative estimate of drug-likeness (QED) is 0.148. The van der Waals surface area contributed by atoms with Gasteiger partial charge in [-0.3, -0.25) is 24.0 Å². The van der Waals surface area contributed by atoms with Crippen LogP contribution in [0, 0.1) is 10.7 Å². The first kappa shape index (κ1) is 45.7. The molecule has 0 spiro atoms. The number of nitriles is 1. The van der Waals surface area contributed by atoms with Gasteiger partial charge in [-0.15, -0.1) is 0 Å². The standard InChI is InChI=1S/C7H5NS.C4H13N3.5C2H4O2/c8-6-9-7-4-2-1-3-5-7;5-1-3-7-4-2-6;5*1-2(3)4/h1-5H;7H,1-6H2;5*1H3,(H,3,4). The monoisotopic (exact) mass is 538 g/mol. The number of rotatable bonds is 5. The molecule has 0 bridgehead atoms. The average Bonchev–Trinajstić information content (AvgIpc) is 2.68. The lowest BCUT2D eigenvalue weighted by molar-refractivity contribution is -0.135. The number of hydrogen-bond acceptors (Lipinski definition) is 10. The molecule has 0 radical (unpaired) electrons. The summed E-state index contributed by atoms with van der Waals surface area (Å²) in [6.45, 7) is 8.55. The predicted octanol–water partition coefficient (Wildman–Crippen LogP) is 1.21. The molecule has 1 aromatic carbocycles. The largest absolute Gasteiger partial charge is 0.481 e. The fourth-order valence-electron chi connectivity index (χ4n) is 0.870. The zero-order valence-corrected chi connectivity index (χ0v) is 21.8. The smallest absolute Gasteiger partial charge is 0.300 e. The highest BCUT2D eigenvalue weighted by atomic mass is 32.2. The summed E-state index contributed by atoms with van der Waals surface area (Å²) in [5.74, 6) is -4.17. The van der Waals surface area contributed by atoms with E-state index < -0.39 is 29.8 Å². The van der Waals surface area contributed by atoms with Gasteiger partial charge in [-0.2, -0.15) is 5.26 Å². The Labute approximate surface area is 214 Å². The number of nitrogens with two attached hydrogens (primary N) is 2. The van der Waals surface area contributed by atoms with Gasteiger partial charge in [-0.25, -0.2) is 0 Å². The Balaban J connectivity index is -0.0000000757. The van der Waals surface area contributed by atoms with Crippen LogP contribution in [0.2, 0.25) is 0 Å². The van der Waals surface area contributed by atoms with Crippen LogP contribution >= 0.6 is 11.8 Å². The van der Waals surface area contributed by atoms with Crippen molar-refractivity contribution >= 4 is 41.6 Å². The SMILES string of the molecule is CC(=O)O.CC(=O)O.CC(=O)O.CC(=O)O.CC(=O)O.N#CSc1ccccc1.NCCNCCN. The number of hydrogen-bond donors (Lipinski definition) is 8. The first-order valence-electron chi connectivity index (χ1n) is 9.70. The Hall–Kier alpha value is -3.71. The van der Waals surface area contributed by atoms with Crippen molar-refractivity contribution in [2.75, 3.05) is 26.2 Å². The molecule has 1 rings (SSSR count). The maximum atomic E-state index is 9.00. The average molecular weight is 539 g/mol. The van der Waals surface area contributed by atoms with Crippen LogP contribution in [0.1, 0.15) is 34.6 Å². The fourth-order valence-corrected chi connectivity index (χ4v) is 1.27. The van der Waals surface area contributed by atoms with Gasteiger partial charge in [0, 0.05) is 65.7 Å². The van der Waals surface area contributed by atoms with Crippen molar-refractivity contribution < 1.29 is 49.5 Å². The Bertz CT molecular complexity index is 621. The number of thioether (sulfide) groups is 1. The molecule has 1 aromatic rings. The molecule has 15 heteroatoms. The summed E-state index contributed by atoms with van der Waals surface area (Å²) < 4.78 is 0. The first-order chi connectivity index (χ1) is 16.5. The van der Waals surface area contributed by atoms with Crippen molar-refractivity contribution in [1.82, 2.24) is 5.32 Å². The van der Waals surface area contributed by atoms with Gasteiger partial charge in [0.25, 0.3) is 29.8 Å². The van der Waals surface area contributed by atoms with Crippen LogP contribution in [0.15, 0.2) is 35.2 Å². The summed E-state index contributed by atoms with van der Waals surface area (Å²) >= 11 is 1.18. The van der Waals surface area contributed by atoms with Crippen LogP contribution in [0.3, 0.4) is 0 Å². The van der Waals surface area contributed by atoms with Gasteiger partial charge in [0.2, 0.25) is 0 Å². The predicted molar refractivity (Wildman–Crippen MR) is 135 cm³/mol. The van der Waals surface area contributed by atoms with Crippen LogP contribution in [0.4, 0.5) is 0 Å². The second-order valence-corrected chi connectivity index (χ2v) is 6.29. The number of benzene rings is 1. The summed E-state index contributed by atoms with van der Waals surface area (Å²) in [5, 5.41) is 50.4. The van der Waals surface area contributed by atoms with Crippen LogP contribution in [0.25, 0.3) is 0 Å². The maximum absolute atomic E-state index is 9.00. The molecular weight excluding hydrogens is 500 g/mol. The molecule has 0 aromatic heterocycles. The molecule has 0 atom stereocenters. The molecule has 0 aliphatic heterocycles. The molecule has 0 saturated carbocycles. The number of nitrogens with one attached hydrogen (secondary N) is 1. The fraction of sp³-hybridized carbons (Fsp3) is 0.429. The highest BCUT2D eigenvalue weighted by Gasteiger charge is 1.85. The van der Waals surface area contributed by atoms with Crippen molar-refractivity contribution in [3.05, 3.63) is 30.3 Å². The van der Waals surface area contributed by atoms with Crippen LogP contribution in [-0.4, -0.2) is 81.6 Å². The molecule has 36 heavy (non-hydrogen) atoms. The lowest BCUT2D eigenvalue weighted by atomic mass is 10.4. The number of thiocyanates is 1. The molecule has 14 nitrogen and oxygen atoms in total. The molecule has 0 aliphatic carbocycles. The Morgan fingerprint density at radius 3 is 1.17 bits per heavy atom. The number of carboxylic acid groups (broad SMARTS) is 5. The topological polar surface area (TPSA) is 274 Å². The summed E-state index contributed by atoms with van der Waals surface area (Å²) in [7, 11) is 0. The van der Waals surface area contributed by atoms with Crippen LogP contribution in [0.5, 0.6) is 0 Å². The van der Waals surface area contributed by atoms with Gasteiger partial charge in [0.1, 0.15) is 5.40 Å². The maximum Gasteiger partial charge on any atom is 0.300 e. The number of carboxylic acids is 5. The van der Waals surface area contributed by atoms with E-state index >= 15 is 0 Å². The van der Waals surface area contributed by atoms with Crippen molar-refractivity contribution in [2.45, 2.75) is 39.5 Å². The normalized spacial score (nSPS) is 7.39. The number of nitrogens with zero attached hydrogens (tertiary/aromatic N) is 1. The van der Waals surface area contributed by atoms with Gasteiger partial charge in [0.05, 0.1) is 0 Å². The third-order valence-electron chi connectivity index (χ3n) is 1.55. The van der Waals surface area contributed by atoms with Crippen molar-refractivity contribution in [3.8, 4) is 5.40 Å². The summed E-state index contributed by atoms with van der Waals surface area (Å²) in [6.07, 6.45) is 0. The lowest BCUT2D eigenvalue weighted by Gasteiger charge is -1.95. The number of carbonyl (C=O) groups is 5. The molecule has 0 amide bonds. The minimum Gasteiger partial charge on any atom is -0.481 e. The van der Waals surface area contributed by atoms with Crippen LogP contribution < -0.4 is 16.8 Å². The van der Waals surface area contributed by atoms with E-state index in [1.807, 2.05) is 35.7 Å². The summed E-state index contributed by atoms with van der Waals surface area (Å²) in [4.78, 5) is 46.0. The molecule has 0 fully saturated rings. The molecule has 0 heterocycles. The van der Waals surface area contributed by atoms with Gasteiger partial charge in [-0.1, -0.05) is 18.2 Å². The van der Waals surface area contributed by atoms with Crippen molar-refractivity contribution in [2.24, 2.45) is 11.5 Å². The van der Waals surface area contributed by atoms with E-state index in [0.29, 0.717) is 13.1 Å². The molecule has 0 saturated heterocycles. The third-order valence-corrected chi connectivity index (χ3v) is 2.15. The minimum atomic E-state index is -0.833. The van der Waals surface area contributed by atoms with Crippen molar-refractivity contribution in [3.63, 3.8) is 0 Å². The van der Waals surface area contributed by atoms with E-state index in [1.165, 1.54) is 11.8 Å². The zero-order chi connectivity index (χ0) is 29.9. The highest BCUT2D eigenvalue weighted by Crippen LogP contribution is 2.13. The van der Waals surface area contributed by atoms with Gasteiger partial charge >= 0.3 is 0 Å². The zero-order valence-electron chi connectivity index (χ0n) is 21.0. The van der Waals surface area contributed by atoms with E-state index in [4.69, 9.17) is 66.2 Å². The number of aliphatic carboxylic acids is 5. The van der Waals surface area contributed by atoms with Gasteiger partial charge in [-0.05, 0) is 23.9 Å². The highest BCUT2D eigenvalue weighted by molar-refractivity contribution is 8.03. The summed E-state index contributed by atoms with van der Waals surface area (Å²) in [5.41, 5.74) is 10.3. The molecule has 0 unspecified atom stereocenters. The Morgan fingerprint density at radius 2 is 0.972 bits per heavy atom. The van der Waals surface area contributed by atoms with Gasteiger partial charge < -0.3 is 42.3 Å². The lowest BCUT2D eigenvalue weighted by Crippen LogP contribution is -2.27. The summed E-state index contributed by atoms with van der Waals surface area (Å²) in [6, 6.07) is 9.59. The molecule has 208 valence electrons. The molecule has 0 aliphatic rings. The third kappa shape index (κ3) is 204. The second-order valence-electron chi connectivity index (χ2n) is 5.43. The van der Waals surface area contributed by atoms with E-state index in [-0.39, 0.29) is 0 Å². The first-order valence-corrected chi connectivity index (χ1v) is 10.5. The Morgan fingerprint density at radius 1 is 0.722 bits per heavy atom. The molecular formula is C21H38N4O10S. The molecule has 10 N–H and O–H groups in total. The Kier molecular flexibility index (Phi) is 52.8.